The minimum atomic E-state index is 0.181. The van der Waals surface area contributed by atoms with Crippen molar-refractivity contribution < 1.29 is 4.79 Å². The van der Waals surface area contributed by atoms with Gasteiger partial charge in [0.1, 0.15) is 0 Å². The molecule has 4 rings (SSSR count). The molecule has 2 aliphatic rings. The van der Waals surface area contributed by atoms with Crippen LogP contribution in [0.2, 0.25) is 0 Å². The third-order valence-corrected chi connectivity index (χ3v) is 6.40. The van der Waals surface area contributed by atoms with Crippen molar-refractivity contribution in [1.29, 1.82) is 0 Å². The van der Waals surface area contributed by atoms with Crippen LogP contribution < -0.4 is 0 Å². The number of hydrogen-bond donors (Lipinski definition) is 0. The molecule has 2 aliphatic heterocycles. The van der Waals surface area contributed by atoms with E-state index in [0.717, 1.165) is 45.4 Å². The molecule has 1 amide bonds. The highest BCUT2D eigenvalue weighted by Gasteiger charge is 2.28. The van der Waals surface area contributed by atoms with Crippen LogP contribution in [0.15, 0.2) is 29.4 Å². The van der Waals surface area contributed by atoms with Gasteiger partial charge in [0.25, 0.3) is 0 Å². The minimum Gasteiger partial charge on any atom is -0.342 e. The van der Waals surface area contributed by atoms with Crippen molar-refractivity contribution in [2.75, 3.05) is 25.4 Å². The second-order valence-electron chi connectivity index (χ2n) is 6.97. The van der Waals surface area contributed by atoms with Crippen molar-refractivity contribution >= 4 is 17.7 Å². The van der Waals surface area contributed by atoms with Crippen LogP contribution in [0, 0.1) is 0 Å². The maximum Gasteiger partial charge on any atom is 0.233 e. The molecule has 0 radical (unpaired) electrons. The first-order valence-corrected chi connectivity index (χ1v) is 10.1. The Bertz CT molecular complexity index is 771. The highest BCUT2D eigenvalue weighted by atomic mass is 32.2. The predicted octanol–water partition coefficient (Wildman–Crippen LogP) is 1.35. The van der Waals surface area contributed by atoms with Gasteiger partial charge in [-0.1, -0.05) is 36.0 Å². The smallest absolute Gasteiger partial charge is 0.233 e. The maximum atomic E-state index is 12.5. The van der Waals surface area contributed by atoms with Crippen molar-refractivity contribution in [3.8, 4) is 0 Å². The fourth-order valence-electron chi connectivity index (χ4n) is 3.87. The van der Waals surface area contributed by atoms with Crippen LogP contribution in [0.1, 0.15) is 24.0 Å². The van der Waals surface area contributed by atoms with Gasteiger partial charge < -0.3 is 4.90 Å². The van der Waals surface area contributed by atoms with Gasteiger partial charge in [-0.05, 0) is 40.8 Å². The highest BCUT2D eigenvalue weighted by molar-refractivity contribution is 7.99. The van der Waals surface area contributed by atoms with E-state index < -0.39 is 0 Å². The summed E-state index contributed by atoms with van der Waals surface area (Å²) in [6, 6.07) is 9.35. The largest absolute Gasteiger partial charge is 0.342 e. The van der Waals surface area contributed by atoms with E-state index in [1.807, 2.05) is 4.90 Å². The molecule has 1 fully saturated rings. The fraction of sp³-hybridized carbons (Fsp3) is 0.556. The van der Waals surface area contributed by atoms with Gasteiger partial charge in [0, 0.05) is 39.3 Å². The van der Waals surface area contributed by atoms with E-state index in [4.69, 9.17) is 0 Å². The van der Waals surface area contributed by atoms with Crippen LogP contribution in [-0.2, 0) is 24.8 Å². The lowest BCUT2D eigenvalue weighted by Crippen LogP contribution is -2.48. The summed E-state index contributed by atoms with van der Waals surface area (Å²) < 4.78 is 1.60. The Balaban J connectivity index is 1.26. The van der Waals surface area contributed by atoms with Crippen LogP contribution >= 0.6 is 11.8 Å². The average Bonchev–Trinajstić information content (AvgIpc) is 3.10. The Labute approximate surface area is 157 Å². The maximum absolute atomic E-state index is 12.5. The average molecular weight is 372 g/mol. The van der Waals surface area contributed by atoms with Crippen molar-refractivity contribution in [2.45, 2.75) is 37.0 Å². The molecule has 0 atom stereocenters. The van der Waals surface area contributed by atoms with Crippen LogP contribution in [0.3, 0.4) is 0 Å². The Morgan fingerprint density at radius 3 is 2.69 bits per heavy atom. The molecule has 8 heteroatoms. The molecule has 0 N–H and O–H groups in total. The minimum absolute atomic E-state index is 0.181. The number of piperidine rings is 1. The second kappa shape index (κ2) is 7.75. The number of benzene rings is 1. The van der Waals surface area contributed by atoms with Crippen molar-refractivity contribution in [2.24, 2.45) is 7.05 Å². The van der Waals surface area contributed by atoms with Crippen LogP contribution in [-0.4, -0.2) is 67.3 Å². The first-order chi connectivity index (χ1) is 12.7. The van der Waals surface area contributed by atoms with E-state index in [1.54, 1.807) is 11.7 Å². The molecular weight excluding hydrogens is 348 g/mol. The first kappa shape index (κ1) is 17.5. The summed E-state index contributed by atoms with van der Waals surface area (Å²) >= 11 is 1.40. The van der Waals surface area contributed by atoms with E-state index in [2.05, 4.69) is 44.7 Å². The number of nitrogens with zero attached hydrogens (tertiary/aromatic N) is 6. The Morgan fingerprint density at radius 1 is 1.19 bits per heavy atom. The summed E-state index contributed by atoms with van der Waals surface area (Å²) in [5, 5.41) is 12.0. The van der Waals surface area contributed by atoms with Gasteiger partial charge in [0.15, 0.2) is 0 Å². The molecule has 26 heavy (non-hydrogen) atoms. The number of hydrogen-bond acceptors (Lipinski definition) is 6. The topological polar surface area (TPSA) is 67.2 Å². The van der Waals surface area contributed by atoms with Gasteiger partial charge in [-0.3, -0.25) is 9.69 Å². The van der Waals surface area contributed by atoms with Crippen LogP contribution in [0.5, 0.6) is 0 Å². The van der Waals surface area contributed by atoms with Gasteiger partial charge in [-0.25, -0.2) is 4.68 Å². The summed E-state index contributed by atoms with van der Waals surface area (Å²) in [7, 11) is 1.79. The standard InChI is InChI=1S/C18H24N6OS/c1-22-18(19-20-21-22)26-13-17(25)23-10-7-16(8-11-23)24-9-6-14-4-2-3-5-15(14)12-24/h2-5,16H,6-13H2,1H3. The molecule has 1 saturated heterocycles. The molecule has 1 aromatic heterocycles. The number of aromatic nitrogens is 4. The third-order valence-electron chi connectivity index (χ3n) is 5.40. The number of carbonyl (C=O) groups is 1. The van der Waals surface area contributed by atoms with Crippen molar-refractivity contribution in [3.05, 3.63) is 35.4 Å². The molecular formula is C18H24N6OS. The Hall–Kier alpha value is -1.93. The van der Waals surface area contributed by atoms with Gasteiger partial charge in [-0.2, -0.15) is 0 Å². The van der Waals surface area contributed by atoms with Crippen molar-refractivity contribution in [3.63, 3.8) is 0 Å². The normalized spacial score (nSPS) is 18.7. The first-order valence-electron chi connectivity index (χ1n) is 9.14. The summed E-state index contributed by atoms with van der Waals surface area (Å²) in [6.45, 7) is 3.87. The molecule has 0 aliphatic carbocycles. The Morgan fingerprint density at radius 2 is 1.96 bits per heavy atom. The number of amides is 1. The molecule has 3 heterocycles. The lowest BCUT2D eigenvalue weighted by atomic mass is 9.95. The Kier molecular flexibility index (Phi) is 5.21. The van der Waals surface area contributed by atoms with E-state index in [0.29, 0.717) is 17.0 Å². The number of fused-ring (bicyclic) bond motifs is 1. The van der Waals surface area contributed by atoms with Gasteiger partial charge in [-0.15, -0.1) is 5.10 Å². The number of aryl methyl sites for hydroxylation is 1. The van der Waals surface area contributed by atoms with Crippen molar-refractivity contribution in [1.82, 2.24) is 30.0 Å². The quantitative estimate of drug-likeness (QED) is 0.755. The number of rotatable bonds is 4. The molecule has 1 aromatic carbocycles. The van der Waals surface area contributed by atoms with E-state index in [-0.39, 0.29) is 5.91 Å². The zero-order valence-electron chi connectivity index (χ0n) is 15.0. The number of tetrazole rings is 1. The molecule has 0 spiro atoms. The summed E-state index contributed by atoms with van der Waals surface area (Å²) in [5.41, 5.74) is 2.96. The lowest BCUT2D eigenvalue weighted by Gasteiger charge is -2.40. The monoisotopic (exact) mass is 372 g/mol. The molecule has 2 aromatic rings. The third kappa shape index (κ3) is 3.76. The molecule has 0 bridgehead atoms. The molecule has 7 nitrogen and oxygen atoms in total. The highest BCUT2D eigenvalue weighted by Crippen LogP contribution is 2.25. The van der Waals surface area contributed by atoms with Crippen LogP contribution in [0.25, 0.3) is 0 Å². The molecule has 138 valence electrons. The van der Waals surface area contributed by atoms with Crippen LogP contribution in [0.4, 0.5) is 0 Å². The summed E-state index contributed by atoms with van der Waals surface area (Å²) in [6.07, 6.45) is 3.26. The zero-order chi connectivity index (χ0) is 17.9. The van der Waals surface area contributed by atoms with Gasteiger partial charge in [0.2, 0.25) is 11.1 Å². The van der Waals surface area contributed by atoms with E-state index >= 15 is 0 Å². The molecule has 0 saturated carbocycles. The zero-order valence-corrected chi connectivity index (χ0v) is 15.9. The molecule has 0 unspecified atom stereocenters. The SMILES string of the molecule is Cn1nnnc1SCC(=O)N1CCC(N2CCc3ccccc3C2)CC1. The van der Waals surface area contributed by atoms with Gasteiger partial charge in [0.05, 0.1) is 5.75 Å². The number of thioether (sulfide) groups is 1. The second-order valence-corrected chi connectivity index (χ2v) is 7.92. The predicted molar refractivity (Wildman–Crippen MR) is 99.7 cm³/mol. The number of carbonyl (C=O) groups excluding carboxylic acids is 1. The van der Waals surface area contributed by atoms with E-state index in [9.17, 15) is 4.79 Å². The van der Waals surface area contributed by atoms with Gasteiger partial charge >= 0.3 is 0 Å². The number of likely N-dealkylation sites (tertiary alicyclic amines) is 1. The van der Waals surface area contributed by atoms with E-state index in [1.165, 1.54) is 22.9 Å². The fourth-order valence-corrected chi connectivity index (χ4v) is 4.62. The summed E-state index contributed by atoms with van der Waals surface area (Å²) in [5.74, 6) is 0.580. The lowest BCUT2D eigenvalue weighted by molar-refractivity contribution is -0.130. The summed E-state index contributed by atoms with van der Waals surface area (Å²) in [4.78, 5) is 17.1.